The molecule has 0 atom stereocenters. The maximum Gasteiger partial charge on any atom is 0.256 e. The van der Waals surface area contributed by atoms with Gasteiger partial charge in [-0.15, -0.1) is 11.3 Å². The summed E-state index contributed by atoms with van der Waals surface area (Å²) >= 11 is 7.48. The molecule has 0 saturated carbocycles. The number of amides is 1. The average Bonchev–Trinajstić information content (AvgIpc) is 3.13. The number of benzene rings is 2. The zero-order valence-electron chi connectivity index (χ0n) is 14.1. The first kappa shape index (κ1) is 17.7. The van der Waals surface area contributed by atoms with Gasteiger partial charge < -0.3 is 10.4 Å². The standard InChI is InChI=1S/C21H15ClN2O2S/c22-20-9-8-19(27-20)18-11-16(15-6-1-2-7-17(15)24-18)21(26)23-14-5-3-4-13(10-14)12-25/h1-11,25H,12H2,(H,23,26). The van der Waals surface area contributed by atoms with Crippen molar-refractivity contribution in [3.8, 4) is 10.6 Å². The molecule has 0 aliphatic carbocycles. The minimum absolute atomic E-state index is 0.0782. The van der Waals surface area contributed by atoms with Crippen LogP contribution < -0.4 is 5.32 Å². The number of carbonyl (C=O) groups excluding carboxylic acids is 1. The zero-order chi connectivity index (χ0) is 18.8. The fourth-order valence-corrected chi connectivity index (χ4v) is 3.89. The summed E-state index contributed by atoms with van der Waals surface area (Å²) in [7, 11) is 0. The highest BCUT2D eigenvalue weighted by Crippen LogP contribution is 2.32. The molecule has 4 aromatic rings. The van der Waals surface area contributed by atoms with E-state index < -0.39 is 0 Å². The van der Waals surface area contributed by atoms with E-state index in [-0.39, 0.29) is 12.5 Å². The highest BCUT2D eigenvalue weighted by atomic mass is 35.5. The number of nitrogens with one attached hydrogen (secondary N) is 1. The Hall–Kier alpha value is -2.73. The molecule has 2 aromatic carbocycles. The number of aliphatic hydroxyl groups is 1. The summed E-state index contributed by atoms with van der Waals surface area (Å²) < 4.78 is 0.673. The Morgan fingerprint density at radius 2 is 1.93 bits per heavy atom. The van der Waals surface area contributed by atoms with Crippen LogP contribution in [0.4, 0.5) is 5.69 Å². The van der Waals surface area contributed by atoms with Crippen LogP contribution in [-0.2, 0) is 6.61 Å². The molecule has 0 radical (unpaired) electrons. The molecule has 0 bridgehead atoms. The van der Waals surface area contributed by atoms with Gasteiger partial charge in [0.05, 0.1) is 32.6 Å². The lowest BCUT2D eigenvalue weighted by atomic mass is 10.1. The van der Waals surface area contributed by atoms with E-state index in [0.717, 1.165) is 21.3 Å². The molecule has 0 spiro atoms. The predicted octanol–water partition coefficient (Wildman–Crippen LogP) is 5.36. The van der Waals surface area contributed by atoms with E-state index in [1.807, 2.05) is 36.4 Å². The SMILES string of the molecule is O=C(Nc1cccc(CO)c1)c1cc(-c2ccc(Cl)s2)nc2ccccc12. The van der Waals surface area contributed by atoms with E-state index in [1.165, 1.54) is 11.3 Å². The van der Waals surface area contributed by atoms with Crippen LogP contribution in [0.25, 0.3) is 21.5 Å². The molecular formula is C21H15ClN2O2S. The van der Waals surface area contributed by atoms with Gasteiger partial charge in [-0.05, 0) is 42.0 Å². The number of hydrogen-bond acceptors (Lipinski definition) is 4. The van der Waals surface area contributed by atoms with Crippen molar-refractivity contribution in [2.45, 2.75) is 6.61 Å². The molecular weight excluding hydrogens is 380 g/mol. The monoisotopic (exact) mass is 394 g/mol. The smallest absolute Gasteiger partial charge is 0.256 e. The van der Waals surface area contributed by atoms with Crippen molar-refractivity contribution >= 4 is 45.4 Å². The van der Waals surface area contributed by atoms with Gasteiger partial charge in [-0.1, -0.05) is 41.9 Å². The Balaban J connectivity index is 1.78. The highest BCUT2D eigenvalue weighted by Gasteiger charge is 2.15. The van der Waals surface area contributed by atoms with Crippen molar-refractivity contribution < 1.29 is 9.90 Å². The fraction of sp³-hybridized carbons (Fsp3) is 0.0476. The van der Waals surface area contributed by atoms with Gasteiger partial charge in [0.1, 0.15) is 0 Å². The van der Waals surface area contributed by atoms with Crippen LogP contribution in [0.15, 0.2) is 66.7 Å². The van der Waals surface area contributed by atoms with Crippen LogP contribution in [-0.4, -0.2) is 16.0 Å². The summed E-state index contributed by atoms with van der Waals surface area (Å²) in [5.74, 6) is -0.229. The molecule has 1 amide bonds. The van der Waals surface area contributed by atoms with Crippen molar-refractivity contribution in [1.82, 2.24) is 4.98 Å². The van der Waals surface area contributed by atoms with E-state index in [1.54, 1.807) is 30.3 Å². The highest BCUT2D eigenvalue weighted by molar-refractivity contribution is 7.19. The topological polar surface area (TPSA) is 62.2 Å². The Morgan fingerprint density at radius 1 is 1.07 bits per heavy atom. The van der Waals surface area contributed by atoms with Gasteiger partial charge in [0.15, 0.2) is 0 Å². The van der Waals surface area contributed by atoms with Gasteiger partial charge in [0, 0.05) is 11.1 Å². The van der Waals surface area contributed by atoms with Gasteiger partial charge in [0.25, 0.3) is 5.91 Å². The second kappa shape index (κ2) is 7.48. The molecule has 0 aliphatic heterocycles. The van der Waals surface area contributed by atoms with E-state index in [9.17, 15) is 9.90 Å². The number of anilines is 1. The van der Waals surface area contributed by atoms with Crippen molar-refractivity contribution in [1.29, 1.82) is 0 Å². The molecule has 2 heterocycles. The molecule has 6 heteroatoms. The lowest BCUT2D eigenvalue weighted by Crippen LogP contribution is -2.13. The van der Waals surface area contributed by atoms with Gasteiger partial charge in [-0.2, -0.15) is 0 Å². The lowest BCUT2D eigenvalue weighted by Gasteiger charge is -2.10. The van der Waals surface area contributed by atoms with Crippen molar-refractivity contribution in [2.24, 2.45) is 0 Å². The van der Waals surface area contributed by atoms with Crippen molar-refractivity contribution in [3.63, 3.8) is 0 Å². The van der Waals surface area contributed by atoms with E-state index in [0.29, 0.717) is 21.3 Å². The molecule has 2 N–H and O–H groups in total. The molecule has 0 saturated heterocycles. The minimum atomic E-state index is -0.229. The molecule has 0 aliphatic rings. The van der Waals surface area contributed by atoms with Crippen LogP contribution >= 0.6 is 22.9 Å². The molecule has 134 valence electrons. The van der Waals surface area contributed by atoms with Gasteiger partial charge in [0.2, 0.25) is 0 Å². The van der Waals surface area contributed by atoms with Crippen LogP contribution in [0.1, 0.15) is 15.9 Å². The summed E-state index contributed by atoms with van der Waals surface area (Å²) in [6.07, 6.45) is 0. The number of hydrogen-bond donors (Lipinski definition) is 2. The summed E-state index contributed by atoms with van der Waals surface area (Å²) in [5, 5.41) is 13.0. The molecule has 27 heavy (non-hydrogen) atoms. The molecule has 4 nitrogen and oxygen atoms in total. The lowest BCUT2D eigenvalue weighted by molar-refractivity contribution is 0.102. The zero-order valence-corrected chi connectivity index (χ0v) is 15.7. The van der Waals surface area contributed by atoms with Crippen molar-refractivity contribution in [3.05, 3.63) is 82.2 Å². The Morgan fingerprint density at radius 3 is 2.70 bits per heavy atom. The number of rotatable bonds is 4. The largest absolute Gasteiger partial charge is 0.392 e. The summed E-state index contributed by atoms with van der Waals surface area (Å²) in [4.78, 5) is 18.6. The van der Waals surface area contributed by atoms with Crippen LogP contribution in [0, 0.1) is 0 Å². The number of carbonyl (C=O) groups is 1. The number of para-hydroxylation sites is 1. The normalized spacial score (nSPS) is 10.9. The van der Waals surface area contributed by atoms with Crippen LogP contribution in [0.3, 0.4) is 0 Å². The molecule has 2 aromatic heterocycles. The summed E-state index contributed by atoms with van der Waals surface area (Å²) in [6.45, 7) is -0.0782. The third-order valence-corrected chi connectivity index (χ3v) is 5.41. The van der Waals surface area contributed by atoms with Gasteiger partial charge in [-0.3, -0.25) is 4.79 Å². The number of pyridine rings is 1. The Bertz CT molecular complexity index is 1140. The maximum atomic E-state index is 13.0. The minimum Gasteiger partial charge on any atom is -0.392 e. The first-order valence-corrected chi connectivity index (χ1v) is 9.50. The summed E-state index contributed by atoms with van der Waals surface area (Å²) in [6, 6.07) is 20.2. The first-order valence-electron chi connectivity index (χ1n) is 8.31. The maximum absolute atomic E-state index is 13.0. The number of fused-ring (bicyclic) bond motifs is 1. The second-order valence-electron chi connectivity index (χ2n) is 5.99. The third kappa shape index (κ3) is 3.71. The van der Waals surface area contributed by atoms with Gasteiger partial charge in [-0.25, -0.2) is 4.98 Å². The van der Waals surface area contributed by atoms with Crippen molar-refractivity contribution in [2.75, 3.05) is 5.32 Å². The molecule has 4 rings (SSSR count). The van der Waals surface area contributed by atoms with Crippen LogP contribution in [0.2, 0.25) is 4.34 Å². The second-order valence-corrected chi connectivity index (χ2v) is 7.70. The number of thiophene rings is 1. The fourth-order valence-electron chi connectivity index (χ4n) is 2.89. The van der Waals surface area contributed by atoms with E-state index >= 15 is 0 Å². The first-order chi connectivity index (χ1) is 13.1. The average molecular weight is 395 g/mol. The predicted molar refractivity (Wildman–Crippen MR) is 110 cm³/mol. The quantitative estimate of drug-likeness (QED) is 0.489. The number of aliphatic hydroxyl groups excluding tert-OH is 1. The van der Waals surface area contributed by atoms with E-state index in [2.05, 4.69) is 10.3 Å². The Kier molecular flexibility index (Phi) is 4.90. The summed E-state index contributed by atoms with van der Waals surface area (Å²) in [5.41, 5.74) is 3.36. The third-order valence-electron chi connectivity index (χ3n) is 4.15. The molecule has 0 fully saturated rings. The van der Waals surface area contributed by atoms with E-state index in [4.69, 9.17) is 11.6 Å². The van der Waals surface area contributed by atoms with Crippen LogP contribution in [0.5, 0.6) is 0 Å². The Labute approximate surface area is 165 Å². The number of halogens is 1. The number of aromatic nitrogens is 1. The van der Waals surface area contributed by atoms with Gasteiger partial charge >= 0.3 is 0 Å². The number of nitrogens with zero attached hydrogens (tertiary/aromatic N) is 1. The molecule has 0 unspecified atom stereocenters.